The SMILES string of the molecule is CC(C)(C)S(=O)(=O)CCNC(=O)CC1C=CCC1. The topological polar surface area (TPSA) is 63.2 Å². The van der Waals surface area contributed by atoms with Gasteiger partial charge < -0.3 is 5.32 Å². The molecule has 104 valence electrons. The summed E-state index contributed by atoms with van der Waals surface area (Å²) in [6.07, 6.45) is 6.67. The first-order chi connectivity index (χ1) is 8.22. The van der Waals surface area contributed by atoms with E-state index in [1.54, 1.807) is 20.8 Å². The fourth-order valence-corrected chi connectivity index (χ4v) is 2.79. The van der Waals surface area contributed by atoms with Crippen LogP contribution in [-0.2, 0) is 14.6 Å². The van der Waals surface area contributed by atoms with Gasteiger partial charge in [-0.2, -0.15) is 0 Å². The molecule has 0 aromatic carbocycles. The van der Waals surface area contributed by atoms with Crippen molar-refractivity contribution in [3.05, 3.63) is 12.2 Å². The van der Waals surface area contributed by atoms with Crippen molar-refractivity contribution < 1.29 is 13.2 Å². The van der Waals surface area contributed by atoms with Gasteiger partial charge in [-0.1, -0.05) is 12.2 Å². The zero-order valence-electron chi connectivity index (χ0n) is 11.4. The van der Waals surface area contributed by atoms with Crippen molar-refractivity contribution in [2.24, 2.45) is 5.92 Å². The van der Waals surface area contributed by atoms with Crippen LogP contribution in [0.2, 0.25) is 0 Å². The summed E-state index contributed by atoms with van der Waals surface area (Å²) in [5.41, 5.74) is 0. The first kappa shape index (κ1) is 15.2. The van der Waals surface area contributed by atoms with Crippen LogP contribution in [-0.4, -0.2) is 31.4 Å². The van der Waals surface area contributed by atoms with Gasteiger partial charge in [0.1, 0.15) is 0 Å². The molecule has 0 aliphatic heterocycles. The number of carbonyl (C=O) groups excluding carboxylic acids is 1. The van der Waals surface area contributed by atoms with Crippen LogP contribution >= 0.6 is 0 Å². The highest BCUT2D eigenvalue weighted by molar-refractivity contribution is 7.92. The standard InChI is InChI=1S/C13H23NO3S/c1-13(2,3)18(16,17)9-8-14-12(15)10-11-6-4-5-7-11/h4,6,11H,5,7-10H2,1-3H3,(H,14,15). The summed E-state index contributed by atoms with van der Waals surface area (Å²) < 4.78 is 22.9. The van der Waals surface area contributed by atoms with Crippen molar-refractivity contribution in [1.82, 2.24) is 5.32 Å². The third kappa shape index (κ3) is 4.44. The molecule has 5 heteroatoms. The fraction of sp³-hybridized carbons (Fsp3) is 0.769. The number of nitrogens with one attached hydrogen (secondary N) is 1. The summed E-state index contributed by atoms with van der Waals surface area (Å²) >= 11 is 0. The number of carbonyl (C=O) groups is 1. The summed E-state index contributed by atoms with van der Waals surface area (Å²) in [6.45, 7) is 5.23. The Labute approximate surface area is 110 Å². The van der Waals surface area contributed by atoms with Crippen LogP contribution in [0.15, 0.2) is 12.2 Å². The molecule has 1 amide bonds. The van der Waals surface area contributed by atoms with Gasteiger partial charge in [0.25, 0.3) is 0 Å². The molecular formula is C13H23NO3S. The Kier molecular flexibility index (Phi) is 4.96. The van der Waals surface area contributed by atoms with E-state index >= 15 is 0 Å². The van der Waals surface area contributed by atoms with Crippen molar-refractivity contribution in [2.45, 2.75) is 44.8 Å². The maximum Gasteiger partial charge on any atom is 0.220 e. The molecule has 0 bridgehead atoms. The van der Waals surface area contributed by atoms with E-state index < -0.39 is 14.6 Å². The van der Waals surface area contributed by atoms with Crippen LogP contribution in [0.4, 0.5) is 0 Å². The third-order valence-electron chi connectivity index (χ3n) is 3.19. The summed E-state index contributed by atoms with van der Waals surface area (Å²) in [5, 5.41) is 2.69. The van der Waals surface area contributed by atoms with Crippen molar-refractivity contribution >= 4 is 15.7 Å². The molecule has 18 heavy (non-hydrogen) atoms. The number of allylic oxidation sites excluding steroid dienone is 2. The van der Waals surface area contributed by atoms with Gasteiger partial charge in [0, 0.05) is 13.0 Å². The Hall–Kier alpha value is -0.840. The Morgan fingerprint density at radius 2 is 2.06 bits per heavy atom. The van der Waals surface area contributed by atoms with Crippen molar-refractivity contribution in [3.8, 4) is 0 Å². The Morgan fingerprint density at radius 3 is 2.56 bits per heavy atom. The van der Waals surface area contributed by atoms with Gasteiger partial charge >= 0.3 is 0 Å². The van der Waals surface area contributed by atoms with E-state index in [1.807, 2.05) is 0 Å². The van der Waals surface area contributed by atoms with E-state index in [2.05, 4.69) is 17.5 Å². The largest absolute Gasteiger partial charge is 0.355 e. The normalized spacial score (nSPS) is 20.1. The van der Waals surface area contributed by atoms with E-state index in [-0.39, 0.29) is 18.2 Å². The Morgan fingerprint density at radius 1 is 1.39 bits per heavy atom. The second-order valence-electron chi connectivity index (χ2n) is 5.75. The maximum absolute atomic E-state index is 11.8. The van der Waals surface area contributed by atoms with Gasteiger partial charge in [-0.3, -0.25) is 4.79 Å². The second kappa shape index (κ2) is 5.87. The van der Waals surface area contributed by atoms with Crippen molar-refractivity contribution in [3.63, 3.8) is 0 Å². The summed E-state index contributed by atoms with van der Waals surface area (Å²) in [6, 6.07) is 0. The molecule has 0 saturated carbocycles. The van der Waals surface area contributed by atoms with Gasteiger partial charge in [-0.15, -0.1) is 0 Å². The molecule has 1 N–H and O–H groups in total. The van der Waals surface area contributed by atoms with E-state index in [4.69, 9.17) is 0 Å². The summed E-state index contributed by atoms with van der Waals surface area (Å²) in [7, 11) is -3.15. The molecule has 0 heterocycles. The van der Waals surface area contributed by atoms with Crippen LogP contribution in [0.1, 0.15) is 40.0 Å². The average Bonchev–Trinajstić information content (AvgIpc) is 2.68. The van der Waals surface area contributed by atoms with Gasteiger partial charge in [-0.05, 0) is 39.5 Å². The quantitative estimate of drug-likeness (QED) is 0.775. The molecule has 0 saturated heterocycles. The molecule has 0 aromatic heterocycles. The molecule has 0 fully saturated rings. The number of hydrogen-bond acceptors (Lipinski definition) is 3. The predicted molar refractivity (Wildman–Crippen MR) is 73.0 cm³/mol. The fourth-order valence-electron chi connectivity index (χ4n) is 1.81. The van der Waals surface area contributed by atoms with Crippen molar-refractivity contribution in [1.29, 1.82) is 0 Å². The summed E-state index contributed by atoms with van der Waals surface area (Å²) in [4.78, 5) is 11.6. The molecule has 1 aliphatic carbocycles. The van der Waals surface area contributed by atoms with Crippen LogP contribution < -0.4 is 5.32 Å². The van der Waals surface area contributed by atoms with Gasteiger partial charge in [0.15, 0.2) is 9.84 Å². The van der Waals surface area contributed by atoms with Crippen molar-refractivity contribution in [2.75, 3.05) is 12.3 Å². The van der Waals surface area contributed by atoms with Crippen LogP contribution in [0.5, 0.6) is 0 Å². The minimum absolute atomic E-state index is 0.00272. The van der Waals surface area contributed by atoms with E-state index in [0.717, 1.165) is 12.8 Å². The smallest absolute Gasteiger partial charge is 0.220 e. The highest BCUT2D eigenvalue weighted by atomic mass is 32.2. The van der Waals surface area contributed by atoms with E-state index in [9.17, 15) is 13.2 Å². The van der Waals surface area contributed by atoms with Gasteiger partial charge in [-0.25, -0.2) is 8.42 Å². The maximum atomic E-state index is 11.8. The Balaban J connectivity index is 2.29. The molecule has 4 nitrogen and oxygen atoms in total. The highest BCUT2D eigenvalue weighted by Gasteiger charge is 2.28. The first-order valence-corrected chi connectivity index (χ1v) is 8.03. The molecule has 0 aromatic rings. The summed E-state index contributed by atoms with van der Waals surface area (Å²) in [5.74, 6) is 0.267. The number of amides is 1. The van der Waals surface area contributed by atoms with Gasteiger partial charge in [0.05, 0.1) is 10.5 Å². The minimum atomic E-state index is -3.15. The first-order valence-electron chi connectivity index (χ1n) is 6.38. The zero-order valence-corrected chi connectivity index (χ0v) is 12.2. The van der Waals surface area contributed by atoms with Crippen LogP contribution in [0, 0.1) is 5.92 Å². The average molecular weight is 273 g/mol. The molecule has 0 spiro atoms. The van der Waals surface area contributed by atoms with Crippen LogP contribution in [0.25, 0.3) is 0 Å². The minimum Gasteiger partial charge on any atom is -0.355 e. The molecule has 1 aliphatic rings. The van der Waals surface area contributed by atoms with E-state index in [1.165, 1.54) is 0 Å². The monoisotopic (exact) mass is 273 g/mol. The third-order valence-corrected chi connectivity index (χ3v) is 5.79. The number of rotatable bonds is 5. The molecule has 1 rings (SSSR count). The lowest BCUT2D eigenvalue weighted by molar-refractivity contribution is -0.121. The second-order valence-corrected chi connectivity index (χ2v) is 8.61. The van der Waals surface area contributed by atoms with Gasteiger partial charge in [0.2, 0.25) is 5.91 Å². The molecule has 1 atom stereocenters. The zero-order chi connectivity index (χ0) is 13.8. The lowest BCUT2D eigenvalue weighted by Gasteiger charge is -2.19. The lowest BCUT2D eigenvalue weighted by atomic mass is 10.1. The van der Waals surface area contributed by atoms with E-state index in [0.29, 0.717) is 12.3 Å². The molecule has 0 radical (unpaired) electrons. The molecular weight excluding hydrogens is 250 g/mol. The van der Waals surface area contributed by atoms with Crippen LogP contribution in [0.3, 0.4) is 0 Å². The Bertz CT molecular complexity index is 418. The molecule has 1 unspecified atom stereocenters. The predicted octanol–water partition coefficient (Wildman–Crippen LogP) is 1.67. The number of hydrogen-bond donors (Lipinski definition) is 1. The lowest BCUT2D eigenvalue weighted by Crippen LogP contribution is -2.36. The highest BCUT2D eigenvalue weighted by Crippen LogP contribution is 2.20. The number of sulfone groups is 1.